The minimum atomic E-state index is -0.406. The molecule has 0 radical (unpaired) electrons. The van der Waals surface area contributed by atoms with Gasteiger partial charge in [0.15, 0.2) is 0 Å². The van der Waals surface area contributed by atoms with Crippen molar-refractivity contribution in [3.8, 4) is 6.07 Å². The highest BCUT2D eigenvalue weighted by Gasteiger charge is 2.17. The number of nitrogens with one attached hydrogen (secondary N) is 2. The van der Waals surface area contributed by atoms with Crippen LogP contribution >= 0.6 is 0 Å². The minimum Gasteiger partial charge on any atom is -0.347 e. The Labute approximate surface area is 113 Å². The minimum absolute atomic E-state index is 0.0139. The van der Waals surface area contributed by atoms with Gasteiger partial charge in [-0.05, 0) is 39.3 Å². The van der Waals surface area contributed by atoms with Crippen LogP contribution in [0.2, 0.25) is 0 Å². The van der Waals surface area contributed by atoms with Gasteiger partial charge in [0.1, 0.15) is 17.5 Å². The summed E-state index contributed by atoms with van der Waals surface area (Å²) in [5.41, 5.74) is 0.570. The van der Waals surface area contributed by atoms with Crippen molar-refractivity contribution in [1.82, 2.24) is 10.3 Å². The summed E-state index contributed by atoms with van der Waals surface area (Å²) in [5, 5.41) is 14.6. The van der Waals surface area contributed by atoms with Crippen LogP contribution < -0.4 is 10.6 Å². The number of rotatable bonds is 3. The van der Waals surface area contributed by atoms with E-state index in [-0.39, 0.29) is 11.1 Å². The summed E-state index contributed by atoms with van der Waals surface area (Å²) in [5.74, 6) is 0.217. The molecule has 1 heterocycles. The van der Waals surface area contributed by atoms with Crippen LogP contribution in [-0.2, 0) is 4.79 Å². The summed E-state index contributed by atoms with van der Waals surface area (Å²) in [6.45, 7) is 7.47. The highest BCUT2D eigenvalue weighted by molar-refractivity contribution is 5.97. The summed E-state index contributed by atoms with van der Waals surface area (Å²) < 4.78 is 0. The first-order valence-corrected chi connectivity index (χ1v) is 5.94. The maximum atomic E-state index is 11.8. The van der Waals surface area contributed by atoms with E-state index < -0.39 is 5.91 Å². The van der Waals surface area contributed by atoms with Crippen molar-refractivity contribution in [2.24, 2.45) is 0 Å². The Hall–Kier alpha value is -2.35. The van der Waals surface area contributed by atoms with Gasteiger partial charge in [0.2, 0.25) is 0 Å². The van der Waals surface area contributed by atoms with Crippen LogP contribution in [0.25, 0.3) is 0 Å². The topological polar surface area (TPSA) is 77.8 Å². The quantitative estimate of drug-likeness (QED) is 0.643. The maximum Gasteiger partial charge on any atom is 0.263 e. The summed E-state index contributed by atoms with van der Waals surface area (Å²) >= 11 is 0. The molecule has 0 saturated heterocycles. The third-order valence-electron chi connectivity index (χ3n) is 2.22. The number of pyridine rings is 1. The van der Waals surface area contributed by atoms with Crippen LogP contribution in [-0.4, -0.2) is 16.4 Å². The van der Waals surface area contributed by atoms with Crippen LogP contribution in [0, 0.1) is 18.3 Å². The second kappa shape index (κ2) is 6.01. The van der Waals surface area contributed by atoms with Gasteiger partial charge in [-0.2, -0.15) is 5.26 Å². The molecule has 19 heavy (non-hydrogen) atoms. The van der Waals surface area contributed by atoms with Crippen molar-refractivity contribution in [3.63, 3.8) is 0 Å². The molecule has 5 nitrogen and oxygen atoms in total. The summed E-state index contributed by atoms with van der Waals surface area (Å²) in [6.07, 6.45) is 3.01. The van der Waals surface area contributed by atoms with Gasteiger partial charge in [-0.3, -0.25) is 4.79 Å². The number of hydrogen-bond donors (Lipinski definition) is 2. The Morgan fingerprint density at radius 1 is 1.47 bits per heavy atom. The van der Waals surface area contributed by atoms with Crippen molar-refractivity contribution < 1.29 is 4.79 Å². The smallest absolute Gasteiger partial charge is 0.263 e. The number of nitrogens with zero attached hydrogens (tertiary/aromatic N) is 2. The van der Waals surface area contributed by atoms with Gasteiger partial charge in [0, 0.05) is 17.9 Å². The zero-order valence-corrected chi connectivity index (χ0v) is 11.6. The summed E-state index contributed by atoms with van der Waals surface area (Å²) in [7, 11) is 0. The molecule has 1 aromatic heterocycles. The molecule has 1 rings (SSSR count). The molecule has 5 heteroatoms. The number of aromatic nitrogens is 1. The maximum absolute atomic E-state index is 11.8. The number of carbonyl (C=O) groups is 1. The monoisotopic (exact) mass is 258 g/mol. The van der Waals surface area contributed by atoms with E-state index in [1.807, 2.05) is 45.9 Å². The number of aryl methyl sites for hydroxylation is 1. The normalized spacial score (nSPS) is 11.6. The number of anilines is 1. The SMILES string of the molecule is Cc1cccnc1N/C=C(/C#N)C(=O)NC(C)(C)C. The van der Waals surface area contributed by atoms with Crippen LogP contribution in [0.4, 0.5) is 5.82 Å². The molecule has 1 amide bonds. The van der Waals surface area contributed by atoms with Gasteiger partial charge >= 0.3 is 0 Å². The Morgan fingerprint density at radius 2 is 2.16 bits per heavy atom. The van der Waals surface area contributed by atoms with Crippen molar-refractivity contribution in [2.45, 2.75) is 33.2 Å². The Balaban J connectivity index is 2.82. The van der Waals surface area contributed by atoms with Crippen molar-refractivity contribution in [1.29, 1.82) is 5.26 Å². The molecular weight excluding hydrogens is 240 g/mol. The lowest BCUT2D eigenvalue weighted by atomic mass is 10.1. The first kappa shape index (κ1) is 14.7. The molecule has 100 valence electrons. The third kappa shape index (κ3) is 4.80. The fourth-order valence-corrected chi connectivity index (χ4v) is 1.33. The average molecular weight is 258 g/mol. The zero-order chi connectivity index (χ0) is 14.5. The lowest BCUT2D eigenvalue weighted by Crippen LogP contribution is -2.41. The molecule has 0 aromatic carbocycles. The van der Waals surface area contributed by atoms with Gasteiger partial charge in [0.25, 0.3) is 5.91 Å². The van der Waals surface area contributed by atoms with E-state index >= 15 is 0 Å². The third-order valence-corrected chi connectivity index (χ3v) is 2.22. The van der Waals surface area contributed by atoms with Crippen LogP contribution in [0.3, 0.4) is 0 Å². The summed E-state index contributed by atoms with van der Waals surface area (Å²) in [4.78, 5) is 16.0. The highest BCUT2D eigenvalue weighted by Crippen LogP contribution is 2.10. The molecule has 0 saturated carbocycles. The summed E-state index contributed by atoms with van der Waals surface area (Å²) in [6, 6.07) is 5.59. The first-order chi connectivity index (χ1) is 8.83. The second-order valence-electron chi connectivity index (χ2n) is 5.19. The van der Waals surface area contributed by atoms with E-state index in [2.05, 4.69) is 15.6 Å². The van der Waals surface area contributed by atoms with Crippen LogP contribution in [0.15, 0.2) is 30.1 Å². The molecule has 0 spiro atoms. The first-order valence-electron chi connectivity index (χ1n) is 5.94. The van der Waals surface area contributed by atoms with Crippen LogP contribution in [0.5, 0.6) is 0 Å². The van der Waals surface area contributed by atoms with Crippen LogP contribution in [0.1, 0.15) is 26.3 Å². The van der Waals surface area contributed by atoms with Crippen molar-refractivity contribution in [3.05, 3.63) is 35.7 Å². The van der Waals surface area contributed by atoms with Crippen molar-refractivity contribution in [2.75, 3.05) is 5.32 Å². The highest BCUT2D eigenvalue weighted by atomic mass is 16.1. The van der Waals surface area contributed by atoms with Gasteiger partial charge in [-0.25, -0.2) is 4.98 Å². The predicted molar refractivity (Wildman–Crippen MR) is 74.2 cm³/mol. The largest absolute Gasteiger partial charge is 0.347 e. The van der Waals surface area contributed by atoms with E-state index in [0.29, 0.717) is 5.82 Å². The second-order valence-corrected chi connectivity index (χ2v) is 5.19. The molecule has 0 unspecified atom stereocenters. The molecular formula is C14H18N4O. The fraction of sp³-hybridized carbons (Fsp3) is 0.357. The number of hydrogen-bond acceptors (Lipinski definition) is 4. The van der Waals surface area contributed by atoms with Gasteiger partial charge in [-0.15, -0.1) is 0 Å². The standard InChI is InChI=1S/C14H18N4O/c1-10-6-5-7-16-12(10)17-9-11(8-15)13(19)18-14(2,3)4/h5-7,9H,1-4H3,(H,16,17)(H,18,19)/b11-9-. The number of amides is 1. The molecule has 0 fully saturated rings. The number of nitriles is 1. The van der Waals surface area contributed by atoms with E-state index in [1.54, 1.807) is 6.20 Å². The molecule has 2 N–H and O–H groups in total. The lowest BCUT2D eigenvalue weighted by Gasteiger charge is -2.20. The fourth-order valence-electron chi connectivity index (χ4n) is 1.33. The average Bonchev–Trinajstić information content (AvgIpc) is 2.29. The zero-order valence-electron chi connectivity index (χ0n) is 11.6. The lowest BCUT2D eigenvalue weighted by molar-refractivity contribution is -0.118. The molecule has 0 aliphatic rings. The Morgan fingerprint density at radius 3 is 2.68 bits per heavy atom. The molecule has 0 atom stereocenters. The molecule has 0 bridgehead atoms. The van der Waals surface area contributed by atoms with E-state index in [9.17, 15) is 4.79 Å². The predicted octanol–water partition coefficient (Wildman–Crippen LogP) is 2.12. The molecule has 0 aliphatic heterocycles. The molecule has 1 aromatic rings. The van der Waals surface area contributed by atoms with E-state index in [1.165, 1.54) is 6.20 Å². The Bertz CT molecular complexity index is 535. The van der Waals surface area contributed by atoms with Crippen molar-refractivity contribution >= 4 is 11.7 Å². The number of carbonyl (C=O) groups excluding carboxylic acids is 1. The van der Waals surface area contributed by atoms with E-state index in [0.717, 1.165) is 5.56 Å². The van der Waals surface area contributed by atoms with Gasteiger partial charge in [-0.1, -0.05) is 6.07 Å². The van der Waals surface area contributed by atoms with Gasteiger partial charge in [0.05, 0.1) is 0 Å². The molecule has 0 aliphatic carbocycles. The Kier molecular flexibility index (Phi) is 4.65. The van der Waals surface area contributed by atoms with E-state index in [4.69, 9.17) is 5.26 Å². The van der Waals surface area contributed by atoms with Gasteiger partial charge < -0.3 is 10.6 Å².